The Morgan fingerprint density at radius 1 is 0.781 bits per heavy atom. The number of amides is 1. The molecule has 0 aromatic heterocycles. The molecule has 2 aliphatic carbocycles. The molecular formula is C28H31NO3. The van der Waals surface area contributed by atoms with Crippen LogP contribution in [0.4, 0.5) is 4.79 Å². The standard InChI is InChI=1S/C28H31NO3/c30-27(18-7-5-8-18)19-15-20-9-6-10-21(16-19)29(20)28(31)32-17-26-24-13-3-1-11-22(24)23-12-2-4-14-25(23)26/h1-4,11-14,18-21,26H,5-10,15-17H2. The van der Waals surface area contributed by atoms with Crippen LogP contribution >= 0.6 is 0 Å². The number of hydrogen-bond donors (Lipinski definition) is 0. The van der Waals surface area contributed by atoms with E-state index >= 15 is 0 Å². The zero-order valence-corrected chi connectivity index (χ0v) is 18.5. The normalized spacial score (nSPS) is 26.8. The Morgan fingerprint density at radius 3 is 1.91 bits per heavy atom. The number of ketones is 1. The van der Waals surface area contributed by atoms with Gasteiger partial charge in [0.1, 0.15) is 12.4 Å². The SMILES string of the molecule is O=C(C1CCC1)C1CC2CCCC(C1)N2C(=O)OCC1c2ccccc2-c2ccccc21. The number of carbonyl (C=O) groups is 2. The summed E-state index contributed by atoms with van der Waals surface area (Å²) >= 11 is 0. The van der Waals surface area contributed by atoms with Crippen molar-refractivity contribution in [1.29, 1.82) is 0 Å². The highest BCUT2D eigenvalue weighted by Gasteiger charge is 2.45. The van der Waals surface area contributed by atoms with Crippen LogP contribution < -0.4 is 0 Å². The molecule has 2 saturated heterocycles. The molecule has 2 aliphatic heterocycles. The second kappa shape index (κ2) is 8.06. The van der Waals surface area contributed by atoms with Gasteiger partial charge in [0, 0.05) is 29.8 Å². The monoisotopic (exact) mass is 429 g/mol. The lowest BCUT2D eigenvalue weighted by Crippen LogP contribution is -2.56. The molecule has 2 aromatic carbocycles. The average molecular weight is 430 g/mol. The van der Waals surface area contributed by atoms with Crippen LogP contribution in [0.25, 0.3) is 11.1 Å². The van der Waals surface area contributed by atoms with Crippen molar-refractivity contribution in [3.8, 4) is 11.1 Å². The molecule has 2 unspecified atom stereocenters. The lowest BCUT2D eigenvalue weighted by molar-refractivity contribution is -0.133. The zero-order chi connectivity index (χ0) is 21.7. The van der Waals surface area contributed by atoms with Crippen LogP contribution in [0.5, 0.6) is 0 Å². The van der Waals surface area contributed by atoms with Gasteiger partial charge >= 0.3 is 6.09 Å². The quantitative estimate of drug-likeness (QED) is 0.604. The fourth-order valence-corrected chi connectivity index (χ4v) is 6.61. The molecule has 0 N–H and O–H groups in total. The molecule has 6 rings (SSSR count). The van der Waals surface area contributed by atoms with Crippen LogP contribution in [0.3, 0.4) is 0 Å². The lowest BCUT2D eigenvalue weighted by atomic mass is 9.70. The Hall–Kier alpha value is -2.62. The maximum atomic E-state index is 13.3. The summed E-state index contributed by atoms with van der Waals surface area (Å²) in [7, 11) is 0. The average Bonchev–Trinajstić information content (AvgIpc) is 3.09. The van der Waals surface area contributed by atoms with E-state index in [9.17, 15) is 9.59 Å². The van der Waals surface area contributed by atoms with Gasteiger partial charge < -0.3 is 9.64 Å². The molecule has 4 heteroatoms. The summed E-state index contributed by atoms with van der Waals surface area (Å²) in [5, 5.41) is 0. The van der Waals surface area contributed by atoms with Gasteiger partial charge in [-0.2, -0.15) is 0 Å². The fourth-order valence-electron chi connectivity index (χ4n) is 6.61. The first kappa shape index (κ1) is 20.0. The Morgan fingerprint density at radius 2 is 1.34 bits per heavy atom. The molecule has 2 heterocycles. The van der Waals surface area contributed by atoms with Crippen LogP contribution in [-0.2, 0) is 9.53 Å². The Bertz CT molecular complexity index is 983. The Kier molecular flexibility index (Phi) is 5.04. The highest BCUT2D eigenvalue weighted by Crippen LogP contribution is 2.45. The van der Waals surface area contributed by atoms with Crippen molar-refractivity contribution in [3.05, 3.63) is 59.7 Å². The molecule has 0 spiro atoms. The third-order valence-corrected chi connectivity index (χ3v) is 8.43. The molecule has 166 valence electrons. The zero-order valence-electron chi connectivity index (χ0n) is 18.5. The van der Waals surface area contributed by atoms with Gasteiger partial charge in [-0.05, 0) is 67.2 Å². The van der Waals surface area contributed by atoms with Gasteiger partial charge in [-0.15, -0.1) is 0 Å². The van der Waals surface area contributed by atoms with Crippen molar-refractivity contribution < 1.29 is 14.3 Å². The topological polar surface area (TPSA) is 46.6 Å². The van der Waals surface area contributed by atoms with Gasteiger partial charge in [0.05, 0.1) is 0 Å². The summed E-state index contributed by atoms with van der Waals surface area (Å²) in [6.07, 6.45) is 7.95. The van der Waals surface area contributed by atoms with Crippen LogP contribution in [0.2, 0.25) is 0 Å². The van der Waals surface area contributed by atoms with E-state index in [-0.39, 0.29) is 30.0 Å². The number of fused-ring (bicyclic) bond motifs is 5. The first-order chi connectivity index (χ1) is 15.7. The van der Waals surface area contributed by atoms with E-state index in [1.54, 1.807) is 0 Å². The van der Waals surface area contributed by atoms with Gasteiger partial charge in [-0.1, -0.05) is 55.0 Å². The summed E-state index contributed by atoms with van der Waals surface area (Å²) < 4.78 is 5.99. The number of rotatable bonds is 4. The van der Waals surface area contributed by atoms with E-state index in [1.165, 1.54) is 28.7 Å². The molecule has 4 aliphatic rings. The largest absolute Gasteiger partial charge is 0.448 e. The molecule has 2 bridgehead atoms. The van der Waals surface area contributed by atoms with E-state index < -0.39 is 0 Å². The van der Waals surface area contributed by atoms with Gasteiger partial charge in [-0.3, -0.25) is 4.79 Å². The van der Waals surface area contributed by atoms with Gasteiger partial charge in [0.25, 0.3) is 0 Å². The third-order valence-electron chi connectivity index (χ3n) is 8.43. The van der Waals surface area contributed by atoms with Crippen LogP contribution in [-0.4, -0.2) is 35.5 Å². The molecule has 1 saturated carbocycles. The molecule has 1 amide bonds. The Labute approximate surface area is 190 Å². The summed E-state index contributed by atoms with van der Waals surface area (Å²) in [5.74, 6) is 0.999. The van der Waals surface area contributed by atoms with E-state index in [0.29, 0.717) is 18.3 Å². The molecule has 0 radical (unpaired) electrons. The first-order valence-corrected chi connectivity index (χ1v) is 12.4. The lowest BCUT2D eigenvalue weighted by Gasteiger charge is -2.48. The summed E-state index contributed by atoms with van der Waals surface area (Å²) in [6, 6.07) is 17.2. The van der Waals surface area contributed by atoms with Gasteiger partial charge in [0.15, 0.2) is 0 Å². The van der Waals surface area contributed by atoms with Crippen molar-refractivity contribution in [2.24, 2.45) is 11.8 Å². The maximum Gasteiger partial charge on any atom is 0.410 e. The molecular weight excluding hydrogens is 398 g/mol. The smallest absolute Gasteiger partial charge is 0.410 e. The minimum Gasteiger partial charge on any atom is -0.448 e. The molecule has 3 fully saturated rings. The van der Waals surface area contributed by atoms with E-state index in [4.69, 9.17) is 4.74 Å². The molecule has 2 aromatic rings. The number of piperidine rings is 2. The molecule has 4 nitrogen and oxygen atoms in total. The fraction of sp³-hybridized carbons (Fsp3) is 0.500. The maximum absolute atomic E-state index is 13.3. The number of benzene rings is 2. The van der Waals surface area contributed by atoms with Crippen molar-refractivity contribution in [2.75, 3.05) is 6.61 Å². The number of nitrogens with zero attached hydrogens (tertiary/aromatic N) is 1. The van der Waals surface area contributed by atoms with Gasteiger partial charge in [0.2, 0.25) is 0 Å². The van der Waals surface area contributed by atoms with E-state index in [1.807, 2.05) is 4.90 Å². The number of Topliss-reactive ketones (excluding diaryl/α,β-unsaturated/α-hetero) is 1. The summed E-state index contributed by atoms with van der Waals surface area (Å²) in [6.45, 7) is 0.368. The summed E-state index contributed by atoms with van der Waals surface area (Å²) in [5.41, 5.74) is 4.98. The number of hydrogen-bond acceptors (Lipinski definition) is 3. The Balaban J connectivity index is 1.16. The number of carbonyl (C=O) groups excluding carboxylic acids is 2. The highest BCUT2D eigenvalue weighted by molar-refractivity contribution is 5.84. The van der Waals surface area contributed by atoms with Crippen LogP contribution in [0, 0.1) is 11.8 Å². The van der Waals surface area contributed by atoms with Crippen molar-refractivity contribution in [2.45, 2.75) is 69.4 Å². The minimum absolute atomic E-state index is 0.0870. The second-order valence-electron chi connectivity index (χ2n) is 10.1. The molecule has 32 heavy (non-hydrogen) atoms. The van der Waals surface area contributed by atoms with Crippen molar-refractivity contribution >= 4 is 11.9 Å². The number of ether oxygens (including phenoxy) is 1. The van der Waals surface area contributed by atoms with Gasteiger partial charge in [-0.25, -0.2) is 4.79 Å². The van der Waals surface area contributed by atoms with E-state index in [2.05, 4.69) is 48.5 Å². The minimum atomic E-state index is -0.184. The van der Waals surface area contributed by atoms with Crippen LogP contribution in [0.15, 0.2) is 48.5 Å². The predicted molar refractivity (Wildman–Crippen MR) is 123 cm³/mol. The third kappa shape index (κ3) is 3.27. The second-order valence-corrected chi connectivity index (χ2v) is 10.1. The summed E-state index contributed by atoms with van der Waals surface area (Å²) in [4.78, 5) is 28.2. The first-order valence-electron chi connectivity index (χ1n) is 12.4. The molecule has 2 atom stereocenters. The van der Waals surface area contributed by atoms with Crippen molar-refractivity contribution in [1.82, 2.24) is 4.90 Å². The predicted octanol–water partition coefficient (Wildman–Crippen LogP) is 5.94. The van der Waals surface area contributed by atoms with E-state index in [0.717, 1.165) is 44.9 Å². The van der Waals surface area contributed by atoms with Crippen LogP contribution in [0.1, 0.15) is 68.4 Å². The highest BCUT2D eigenvalue weighted by atomic mass is 16.6. The van der Waals surface area contributed by atoms with Crippen molar-refractivity contribution in [3.63, 3.8) is 0 Å².